The van der Waals surface area contributed by atoms with E-state index in [4.69, 9.17) is 4.84 Å². The number of hydrogen-bond donors (Lipinski definition) is 2. The Morgan fingerprint density at radius 3 is 2.78 bits per heavy atom. The van der Waals surface area contributed by atoms with Crippen LogP contribution in [0.2, 0.25) is 0 Å². The summed E-state index contributed by atoms with van der Waals surface area (Å²) in [5.74, 6) is -0.822. The number of hydrogen-bond acceptors (Lipinski definition) is 4. The highest BCUT2D eigenvalue weighted by atomic mass is 19.1. The molecule has 1 aromatic rings. The molecule has 6 nitrogen and oxygen atoms in total. The van der Waals surface area contributed by atoms with Crippen LogP contribution < -0.4 is 10.6 Å². The van der Waals surface area contributed by atoms with Crippen LogP contribution in [0.15, 0.2) is 29.4 Å². The van der Waals surface area contributed by atoms with Crippen molar-refractivity contribution < 1.29 is 18.8 Å². The molecule has 1 aromatic carbocycles. The summed E-state index contributed by atoms with van der Waals surface area (Å²) in [7, 11) is 0. The average molecular weight is 321 g/mol. The summed E-state index contributed by atoms with van der Waals surface area (Å²) in [5.41, 5.74) is 1.14. The van der Waals surface area contributed by atoms with Gasteiger partial charge in [0, 0.05) is 31.0 Å². The Hall–Kier alpha value is -2.44. The van der Waals surface area contributed by atoms with Gasteiger partial charge in [-0.15, -0.1) is 0 Å². The van der Waals surface area contributed by atoms with Crippen LogP contribution in [-0.2, 0) is 14.4 Å². The maximum absolute atomic E-state index is 13.2. The van der Waals surface area contributed by atoms with Gasteiger partial charge in [0.05, 0.1) is 5.71 Å². The minimum Gasteiger partial charge on any atom is -0.382 e. The van der Waals surface area contributed by atoms with E-state index < -0.39 is 6.10 Å². The van der Waals surface area contributed by atoms with Crippen LogP contribution in [0.25, 0.3) is 0 Å². The van der Waals surface area contributed by atoms with Crippen LogP contribution >= 0.6 is 0 Å². The Balaban J connectivity index is 1.75. The molecule has 1 aliphatic heterocycles. The van der Waals surface area contributed by atoms with Gasteiger partial charge in [-0.1, -0.05) is 31.1 Å². The molecule has 0 saturated heterocycles. The molecule has 1 atom stereocenters. The number of carbonyl (C=O) groups excluding carboxylic acids is 2. The van der Waals surface area contributed by atoms with Gasteiger partial charge < -0.3 is 15.5 Å². The number of halogens is 1. The monoisotopic (exact) mass is 321 g/mol. The molecule has 124 valence electrons. The minimum atomic E-state index is -0.728. The lowest BCUT2D eigenvalue weighted by Gasteiger charge is -2.11. The van der Waals surface area contributed by atoms with E-state index in [1.54, 1.807) is 26.0 Å². The molecule has 0 spiro atoms. The second-order valence-electron chi connectivity index (χ2n) is 5.58. The average Bonchev–Trinajstić information content (AvgIpc) is 3.01. The van der Waals surface area contributed by atoms with Crippen LogP contribution in [0, 0.1) is 11.7 Å². The van der Waals surface area contributed by atoms with Crippen molar-refractivity contribution >= 4 is 17.5 Å². The van der Waals surface area contributed by atoms with Gasteiger partial charge in [0.2, 0.25) is 12.0 Å². The number of carbonyl (C=O) groups is 2. The Morgan fingerprint density at radius 1 is 1.35 bits per heavy atom. The van der Waals surface area contributed by atoms with E-state index >= 15 is 0 Å². The standard InChI is InChI=1S/C16H20FN3O3/c1-10(2)15(21)18-6-7-19-16(22)14-9-13(20-23-14)11-4-3-5-12(17)8-11/h3-5,8,10,14H,6-7,9H2,1-2H3,(H,18,21)(H,19,22)/t14-/m1/s1. The molecule has 1 heterocycles. The van der Waals surface area contributed by atoms with Crippen molar-refractivity contribution in [3.63, 3.8) is 0 Å². The number of rotatable bonds is 6. The van der Waals surface area contributed by atoms with Gasteiger partial charge in [0.25, 0.3) is 5.91 Å². The SMILES string of the molecule is CC(C)C(=O)NCCNC(=O)[C@H]1CC(c2cccc(F)c2)=NO1. The first-order valence-corrected chi connectivity index (χ1v) is 7.51. The van der Waals surface area contributed by atoms with Crippen molar-refractivity contribution in [1.82, 2.24) is 10.6 Å². The summed E-state index contributed by atoms with van der Waals surface area (Å²) >= 11 is 0. The molecule has 2 N–H and O–H groups in total. The van der Waals surface area contributed by atoms with Gasteiger partial charge in [0.15, 0.2) is 0 Å². The lowest BCUT2D eigenvalue weighted by molar-refractivity contribution is -0.131. The van der Waals surface area contributed by atoms with Gasteiger partial charge in [-0.2, -0.15) is 0 Å². The Morgan fingerprint density at radius 2 is 2.09 bits per heavy atom. The van der Waals surface area contributed by atoms with Crippen molar-refractivity contribution in [1.29, 1.82) is 0 Å². The zero-order valence-electron chi connectivity index (χ0n) is 13.1. The van der Waals surface area contributed by atoms with Crippen LogP contribution in [0.5, 0.6) is 0 Å². The van der Waals surface area contributed by atoms with E-state index in [-0.39, 0.29) is 30.0 Å². The van der Waals surface area contributed by atoms with Gasteiger partial charge in [-0.05, 0) is 12.1 Å². The van der Waals surface area contributed by atoms with Gasteiger partial charge >= 0.3 is 0 Å². The summed E-state index contributed by atoms with van der Waals surface area (Å²) in [6.45, 7) is 4.26. The molecule has 0 aliphatic carbocycles. The van der Waals surface area contributed by atoms with Crippen LogP contribution in [0.3, 0.4) is 0 Å². The second kappa shape index (κ2) is 7.71. The van der Waals surface area contributed by atoms with Crippen molar-refractivity contribution in [2.45, 2.75) is 26.4 Å². The molecule has 7 heteroatoms. The molecule has 0 bridgehead atoms. The van der Waals surface area contributed by atoms with E-state index in [2.05, 4.69) is 15.8 Å². The first kappa shape index (κ1) is 16.9. The molecule has 0 fully saturated rings. The number of nitrogens with zero attached hydrogens (tertiary/aromatic N) is 1. The van der Waals surface area contributed by atoms with Crippen LogP contribution in [0.4, 0.5) is 4.39 Å². The number of nitrogens with one attached hydrogen (secondary N) is 2. The first-order chi connectivity index (χ1) is 11.0. The summed E-state index contributed by atoms with van der Waals surface area (Å²) in [4.78, 5) is 28.4. The summed E-state index contributed by atoms with van der Waals surface area (Å²) in [5, 5.41) is 9.23. The van der Waals surface area contributed by atoms with Gasteiger partial charge in [-0.3, -0.25) is 9.59 Å². The Kier molecular flexibility index (Phi) is 5.67. The van der Waals surface area contributed by atoms with Crippen LogP contribution in [-0.4, -0.2) is 36.7 Å². The number of benzene rings is 1. The maximum Gasteiger partial charge on any atom is 0.264 e. The maximum atomic E-state index is 13.2. The highest BCUT2D eigenvalue weighted by molar-refractivity contribution is 6.04. The molecule has 0 saturated carbocycles. The van der Waals surface area contributed by atoms with Gasteiger partial charge in [-0.25, -0.2) is 4.39 Å². The second-order valence-corrected chi connectivity index (χ2v) is 5.58. The third-order valence-electron chi connectivity index (χ3n) is 3.37. The van der Waals surface area contributed by atoms with Crippen molar-refractivity contribution in [2.24, 2.45) is 11.1 Å². The number of amides is 2. The minimum absolute atomic E-state index is 0.0620. The Bertz CT molecular complexity index is 616. The topological polar surface area (TPSA) is 79.8 Å². The zero-order valence-corrected chi connectivity index (χ0v) is 13.1. The highest BCUT2D eigenvalue weighted by Gasteiger charge is 2.28. The van der Waals surface area contributed by atoms with Crippen molar-refractivity contribution in [3.05, 3.63) is 35.6 Å². The smallest absolute Gasteiger partial charge is 0.264 e. The predicted molar refractivity (Wildman–Crippen MR) is 83.3 cm³/mol. The molecule has 23 heavy (non-hydrogen) atoms. The van der Waals surface area contributed by atoms with Crippen molar-refractivity contribution in [2.75, 3.05) is 13.1 Å². The normalized spacial score (nSPS) is 16.7. The molecule has 1 aliphatic rings. The summed E-state index contributed by atoms with van der Waals surface area (Å²) in [6, 6.07) is 5.99. The van der Waals surface area contributed by atoms with Crippen LogP contribution in [0.1, 0.15) is 25.8 Å². The summed E-state index contributed by atoms with van der Waals surface area (Å²) < 4.78 is 13.2. The lowest BCUT2D eigenvalue weighted by atomic mass is 10.0. The van der Waals surface area contributed by atoms with E-state index in [0.29, 0.717) is 24.4 Å². The molecule has 0 unspecified atom stereocenters. The number of oxime groups is 1. The fourth-order valence-electron chi connectivity index (χ4n) is 2.05. The van der Waals surface area contributed by atoms with E-state index in [1.807, 2.05) is 0 Å². The zero-order chi connectivity index (χ0) is 16.8. The Labute approximate surface area is 134 Å². The molecule has 2 rings (SSSR count). The molecular formula is C16H20FN3O3. The molecular weight excluding hydrogens is 301 g/mol. The lowest BCUT2D eigenvalue weighted by Crippen LogP contribution is -2.40. The predicted octanol–water partition coefficient (Wildman–Crippen LogP) is 1.21. The molecule has 0 radical (unpaired) electrons. The summed E-state index contributed by atoms with van der Waals surface area (Å²) in [6.07, 6.45) is -0.442. The van der Waals surface area contributed by atoms with Gasteiger partial charge in [0.1, 0.15) is 5.82 Å². The largest absolute Gasteiger partial charge is 0.382 e. The van der Waals surface area contributed by atoms with Crippen molar-refractivity contribution in [3.8, 4) is 0 Å². The fourth-order valence-corrected chi connectivity index (χ4v) is 2.05. The van der Waals surface area contributed by atoms with E-state index in [9.17, 15) is 14.0 Å². The third kappa shape index (κ3) is 4.77. The molecule has 0 aromatic heterocycles. The third-order valence-corrected chi connectivity index (χ3v) is 3.37. The fraction of sp³-hybridized carbons (Fsp3) is 0.438. The van der Waals surface area contributed by atoms with E-state index in [1.165, 1.54) is 12.1 Å². The highest BCUT2D eigenvalue weighted by Crippen LogP contribution is 2.17. The van der Waals surface area contributed by atoms with E-state index in [0.717, 1.165) is 0 Å². The quantitative estimate of drug-likeness (QED) is 0.773. The first-order valence-electron chi connectivity index (χ1n) is 7.51. The molecule has 2 amide bonds.